The third kappa shape index (κ3) is 6.54. The van der Waals surface area contributed by atoms with Crippen molar-refractivity contribution in [2.45, 2.75) is 97.3 Å². The zero-order valence-electron chi connectivity index (χ0n) is 21.1. The van der Waals surface area contributed by atoms with E-state index in [9.17, 15) is 13.5 Å². The van der Waals surface area contributed by atoms with Crippen LogP contribution in [0.3, 0.4) is 0 Å². The van der Waals surface area contributed by atoms with E-state index in [0.717, 1.165) is 37.7 Å². The molecule has 6 heteroatoms. The van der Waals surface area contributed by atoms with Crippen molar-refractivity contribution < 1.29 is 18.3 Å². The fourth-order valence-corrected chi connectivity index (χ4v) is 6.81. The number of hydrogen-bond donors (Lipinski definition) is 1. The van der Waals surface area contributed by atoms with E-state index in [1.54, 1.807) is 0 Å². The van der Waals surface area contributed by atoms with E-state index in [0.29, 0.717) is 11.0 Å². The van der Waals surface area contributed by atoms with Gasteiger partial charge in [0.15, 0.2) is 15.8 Å². The number of ether oxygens (including phenoxy) is 1. The first-order chi connectivity index (χ1) is 14.7. The lowest BCUT2D eigenvalue weighted by atomic mass is 9.71. The maximum absolute atomic E-state index is 11.5. The molecule has 0 saturated heterocycles. The summed E-state index contributed by atoms with van der Waals surface area (Å²) in [4.78, 5) is 1.44. The van der Waals surface area contributed by atoms with E-state index < -0.39 is 9.84 Å². The van der Waals surface area contributed by atoms with E-state index in [4.69, 9.17) is 4.74 Å². The van der Waals surface area contributed by atoms with Crippen LogP contribution >= 0.6 is 11.8 Å². The molecule has 1 aliphatic heterocycles. The summed E-state index contributed by atoms with van der Waals surface area (Å²) >= 11 is 2.00. The number of hydrogen-bond acceptors (Lipinski definition) is 5. The zero-order chi connectivity index (χ0) is 24.3. The summed E-state index contributed by atoms with van der Waals surface area (Å²) in [5.41, 5.74) is 3.67. The Bertz CT molecular complexity index is 922. The average Bonchev–Trinajstić information content (AvgIpc) is 3.06. The Labute approximate surface area is 200 Å². The molecule has 0 aromatic heterocycles. The van der Waals surface area contributed by atoms with E-state index in [1.807, 2.05) is 24.8 Å². The van der Waals surface area contributed by atoms with Gasteiger partial charge in [0.05, 0.1) is 6.10 Å². The van der Waals surface area contributed by atoms with Gasteiger partial charge in [-0.1, -0.05) is 52.3 Å². The highest BCUT2D eigenvalue weighted by Gasteiger charge is 2.41. The summed E-state index contributed by atoms with van der Waals surface area (Å²) in [5, 5.41) is 11.0. The molecule has 0 spiro atoms. The molecule has 32 heavy (non-hydrogen) atoms. The molecule has 0 aliphatic carbocycles. The van der Waals surface area contributed by atoms with Gasteiger partial charge in [0.2, 0.25) is 0 Å². The smallest absolute Gasteiger partial charge is 0.188 e. The molecule has 0 bridgehead atoms. The summed E-state index contributed by atoms with van der Waals surface area (Å²) in [7, 11) is -3.18. The molecule has 1 unspecified atom stereocenters. The van der Waals surface area contributed by atoms with E-state index in [2.05, 4.69) is 53.7 Å². The zero-order valence-corrected chi connectivity index (χ0v) is 22.8. The Hall–Kier alpha value is -0.980. The number of thioether (sulfide) groups is 1. The molecular weight excluding hydrogens is 440 g/mol. The lowest BCUT2D eigenvalue weighted by Gasteiger charge is -2.39. The number of rotatable bonds is 10. The van der Waals surface area contributed by atoms with Crippen molar-refractivity contribution in [1.29, 1.82) is 0 Å². The first kappa shape index (κ1) is 27.3. The minimum atomic E-state index is -3.18. The normalized spacial score (nSPS) is 18.8. The first-order valence-corrected chi connectivity index (χ1v) is 14.6. The van der Waals surface area contributed by atoms with Gasteiger partial charge in [-0.3, -0.25) is 0 Å². The molecular formula is C26H42O4S2. The van der Waals surface area contributed by atoms with Crippen LogP contribution in [0.5, 0.6) is 5.75 Å². The average molecular weight is 483 g/mol. The van der Waals surface area contributed by atoms with Crippen molar-refractivity contribution in [3.05, 3.63) is 39.8 Å². The molecule has 0 radical (unpaired) electrons. The molecule has 1 N–H and O–H groups in total. The molecule has 4 nitrogen and oxygen atoms in total. The van der Waals surface area contributed by atoms with Crippen LogP contribution in [-0.2, 0) is 15.3 Å². The SMILES string of the molecule is CCC(CC)(c1ccc(OCS(C)(=O)=O)c(C)c1)C1CC(C)=C(CC[C@H](O)C(C)(C)C)S1. The quantitative estimate of drug-likeness (QED) is 0.418. The van der Waals surface area contributed by atoms with Crippen LogP contribution < -0.4 is 4.74 Å². The molecule has 0 amide bonds. The van der Waals surface area contributed by atoms with Gasteiger partial charge in [-0.05, 0) is 73.5 Å². The highest BCUT2D eigenvalue weighted by atomic mass is 32.2. The van der Waals surface area contributed by atoms with Crippen molar-refractivity contribution in [3.8, 4) is 5.75 Å². The first-order valence-electron chi connectivity index (χ1n) is 11.7. The lowest BCUT2D eigenvalue weighted by Crippen LogP contribution is -2.35. The number of aliphatic hydroxyl groups is 1. The minimum absolute atomic E-state index is 0.0381. The van der Waals surface area contributed by atoms with E-state index in [1.165, 1.54) is 22.3 Å². The van der Waals surface area contributed by atoms with Crippen LogP contribution in [0, 0.1) is 12.3 Å². The Balaban J connectivity index is 2.21. The van der Waals surface area contributed by atoms with Crippen LogP contribution in [0.15, 0.2) is 28.7 Å². The number of benzene rings is 1. The molecule has 1 aromatic carbocycles. The predicted octanol–water partition coefficient (Wildman–Crippen LogP) is 6.40. The second-order valence-electron chi connectivity index (χ2n) is 10.5. The Morgan fingerprint density at radius 1 is 1.19 bits per heavy atom. The number of sulfone groups is 1. The highest BCUT2D eigenvalue weighted by Crippen LogP contribution is 2.52. The third-order valence-electron chi connectivity index (χ3n) is 6.95. The monoisotopic (exact) mass is 482 g/mol. The van der Waals surface area contributed by atoms with Crippen LogP contribution in [0.25, 0.3) is 0 Å². The number of aliphatic hydroxyl groups excluding tert-OH is 1. The van der Waals surface area contributed by atoms with Crippen molar-refractivity contribution >= 4 is 21.6 Å². The van der Waals surface area contributed by atoms with Gasteiger partial charge in [0.1, 0.15) is 5.75 Å². The largest absolute Gasteiger partial charge is 0.478 e. The maximum atomic E-state index is 11.5. The van der Waals surface area contributed by atoms with E-state index in [-0.39, 0.29) is 22.9 Å². The van der Waals surface area contributed by atoms with Crippen molar-refractivity contribution in [3.63, 3.8) is 0 Å². The lowest BCUT2D eigenvalue weighted by molar-refractivity contribution is 0.0564. The third-order valence-corrected chi connectivity index (χ3v) is 9.24. The minimum Gasteiger partial charge on any atom is -0.478 e. The molecule has 2 atom stereocenters. The standard InChI is InChI=1S/C26H42O4S2/c1-9-26(10-2,20-11-12-21(18(3)15-20)30-17-32(8,28)29)24-16-19(4)22(31-24)13-14-23(27)25(5,6)7/h11-12,15,23-24,27H,9-10,13-14,16-17H2,1-8H3/t23-,24?/m0/s1. The van der Waals surface area contributed by atoms with Gasteiger partial charge in [0.25, 0.3) is 0 Å². The van der Waals surface area contributed by atoms with Crippen LogP contribution in [0.1, 0.15) is 84.8 Å². The number of aryl methyl sites for hydroxylation is 1. The summed E-state index contributed by atoms with van der Waals surface area (Å²) < 4.78 is 28.5. The Morgan fingerprint density at radius 2 is 1.81 bits per heavy atom. The van der Waals surface area contributed by atoms with Crippen LogP contribution in [0.4, 0.5) is 0 Å². The number of allylic oxidation sites excluding steroid dienone is 2. The molecule has 1 aliphatic rings. The van der Waals surface area contributed by atoms with Gasteiger partial charge in [-0.2, -0.15) is 0 Å². The predicted molar refractivity (Wildman–Crippen MR) is 137 cm³/mol. The second-order valence-corrected chi connectivity index (χ2v) is 13.9. The molecule has 182 valence electrons. The fraction of sp³-hybridized carbons (Fsp3) is 0.692. The Morgan fingerprint density at radius 3 is 2.31 bits per heavy atom. The van der Waals surface area contributed by atoms with Gasteiger partial charge >= 0.3 is 0 Å². The fourth-order valence-electron chi connectivity index (χ4n) is 4.58. The van der Waals surface area contributed by atoms with Gasteiger partial charge in [0, 0.05) is 16.9 Å². The van der Waals surface area contributed by atoms with Gasteiger partial charge < -0.3 is 9.84 Å². The highest BCUT2D eigenvalue weighted by molar-refractivity contribution is 8.04. The second kappa shape index (κ2) is 10.5. The summed E-state index contributed by atoms with van der Waals surface area (Å²) in [6, 6.07) is 6.23. The summed E-state index contributed by atoms with van der Waals surface area (Å²) in [6.07, 6.45) is 5.76. The molecule has 0 fully saturated rings. The summed E-state index contributed by atoms with van der Waals surface area (Å²) in [6.45, 7) is 15.0. The Kier molecular flexibility index (Phi) is 8.96. The van der Waals surface area contributed by atoms with E-state index >= 15 is 0 Å². The maximum Gasteiger partial charge on any atom is 0.188 e. The molecule has 1 aromatic rings. The van der Waals surface area contributed by atoms with Gasteiger partial charge in [-0.15, -0.1) is 11.8 Å². The van der Waals surface area contributed by atoms with Crippen LogP contribution in [0.2, 0.25) is 0 Å². The van der Waals surface area contributed by atoms with Crippen molar-refractivity contribution in [2.24, 2.45) is 5.41 Å². The van der Waals surface area contributed by atoms with Crippen molar-refractivity contribution in [1.82, 2.24) is 0 Å². The van der Waals surface area contributed by atoms with Crippen molar-refractivity contribution in [2.75, 3.05) is 12.2 Å². The molecule has 0 saturated carbocycles. The molecule has 2 rings (SSSR count). The van der Waals surface area contributed by atoms with Gasteiger partial charge in [-0.25, -0.2) is 8.42 Å². The topological polar surface area (TPSA) is 63.6 Å². The summed E-state index contributed by atoms with van der Waals surface area (Å²) in [5.74, 6) is 0.330. The van der Waals surface area contributed by atoms with Crippen LogP contribution in [-0.4, -0.2) is 37.1 Å². The molecule has 1 heterocycles.